The van der Waals surface area contributed by atoms with Crippen molar-refractivity contribution in [3.05, 3.63) is 25.3 Å². The third-order valence-corrected chi connectivity index (χ3v) is 4.37. The Hall–Kier alpha value is -1.71. The summed E-state index contributed by atoms with van der Waals surface area (Å²) >= 11 is 0. The van der Waals surface area contributed by atoms with Crippen molar-refractivity contribution in [1.82, 2.24) is 0 Å². The highest BCUT2D eigenvalue weighted by atomic mass is 32.2. The summed E-state index contributed by atoms with van der Waals surface area (Å²) in [5.41, 5.74) is 0. The van der Waals surface area contributed by atoms with E-state index in [-0.39, 0.29) is 13.0 Å². The number of aliphatic hydroxyl groups is 1. The maximum absolute atomic E-state index is 12.0. The Kier molecular flexibility index (Phi) is 7.99. The maximum atomic E-state index is 12.0. The Labute approximate surface area is 128 Å². The first-order valence-electron chi connectivity index (χ1n) is 6.36. The first-order chi connectivity index (χ1) is 10.1. The van der Waals surface area contributed by atoms with Gasteiger partial charge in [-0.25, -0.2) is 0 Å². The average molecular weight is 336 g/mol. The van der Waals surface area contributed by atoms with Crippen LogP contribution in [-0.2, 0) is 24.4 Å². The van der Waals surface area contributed by atoms with E-state index >= 15 is 0 Å². The van der Waals surface area contributed by atoms with Crippen LogP contribution < -0.4 is 0 Å². The lowest BCUT2D eigenvalue weighted by Gasteiger charge is -2.28. The minimum atomic E-state index is -5.15. The zero-order valence-corrected chi connectivity index (χ0v) is 12.8. The zero-order chi connectivity index (χ0) is 17.4. The number of allylic oxidation sites excluding steroid dienone is 1. The van der Waals surface area contributed by atoms with Gasteiger partial charge in [0.1, 0.15) is 6.61 Å². The van der Waals surface area contributed by atoms with Gasteiger partial charge in [0, 0.05) is 6.42 Å². The van der Waals surface area contributed by atoms with E-state index in [0.717, 1.165) is 6.08 Å². The van der Waals surface area contributed by atoms with Crippen molar-refractivity contribution < 1.29 is 37.5 Å². The van der Waals surface area contributed by atoms with Crippen molar-refractivity contribution in [3.8, 4) is 0 Å². The van der Waals surface area contributed by atoms with E-state index < -0.39 is 45.7 Å². The molecule has 0 heterocycles. The summed E-state index contributed by atoms with van der Waals surface area (Å²) < 4.78 is 34.5. The minimum Gasteiger partial charge on any atom is -0.481 e. The number of carbonyl (C=O) groups is 2. The molecule has 0 radical (unpaired) electrons. The molecule has 8 nitrogen and oxygen atoms in total. The van der Waals surface area contributed by atoms with E-state index in [1.54, 1.807) is 0 Å². The number of ether oxygens (including phenoxy) is 1. The van der Waals surface area contributed by atoms with Gasteiger partial charge in [-0.3, -0.25) is 14.1 Å². The molecule has 0 aliphatic heterocycles. The summed E-state index contributed by atoms with van der Waals surface area (Å²) in [6, 6.07) is 0. The number of aliphatic hydroxyl groups excluding tert-OH is 1. The van der Waals surface area contributed by atoms with Crippen LogP contribution in [-0.4, -0.2) is 52.6 Å². The van der Waals surface area contributed by atoms with E-state index in [1.807, 2.05) is 0 Å². The van der Waals surface area contributed by atoms with Crippen LogP contribution in [0.25, 0.3) is 0 Å². The van der Waals surface area contributed by atoms with E-state index in [4.69, 9.17) is 5.11 Å². The fourth-order valence-electron chi connectivity index (χ4n) is 1.83. The Morgan fingerprint density at radius 1 is 1.27 bits per heavy atom. The summed E-state index contributed by atoms with van der Waals surface area (Å²) in [6.45, 7) is 6.34. The average Bonchev–Trinajstić information content (AvgIpc) is 2.39. The minimum absolute atomic E-state index is 0.0507. The van der Waals surface area contributed by atoms with Crippen LogP contribution in [0.5, 0.6) is 0 Å². The van der Waals surface area contributed by atoms with Crippen molar-refractivity contribution >= 4 is 22.1 Å². The van der Waals surface area contributed by atoms with Crippen LogP contribution in [0.4, 0.5) is 0 Å². The molecular weight excluding hydrogens is 316 g/mol. The van der Waals surface area contributed by atoms with Crippen LogP contribution in [0.15, 0.2) is 25.3 Å². The lowest BCUT2D eigenvalue weighted by atomic mass is 9.94. The largest absolute Gasteiger partial charge is 0.481 e. The highest BCUT2D eigenvalue weighted by Crippen LogP contribution is 2.30. The van der Waals surface area contributed by atoms with Gasteiger partial charge >= 0.3 is 11.9 Å². The summed E-state index contributed by atoms with van der Waals surface area (Å²) in [4.78, 5) is 22.9. The molecule has 2 atom stereocenters. The molecule has 0 fully saturated rings. The Bertz CT molecular complexity index is 524. The van der Waals surface area contributed by atoms with Gasteiger partial charge in [0.25, 0.3) is 10.1 Å². The number of esters is 1. The van der Waals surface area contributed by atoms with Gasteiger partial charge in [-0.05, 0) is 12.8 Å². The molecule has 0 aromatic carbocycles. The maximum Gasteiger partial charge on any atom is 0.331 e. The van der Waals surface area contributed by atoms with Gasteiger partial charge in [0.15, 0.2) is 0 Å². The number of carboxylic acid groups (broad SMARTS) is 1. The SMILES string of the molecule is C=CCCC(O)CC(CC(=O)O)(C(=O)OCC=C)S(=O)(=O)O. The molecule has 0 aromatic rings. The van der Waals surface area contributed by atoms with Crippen LogP contribution in [0.2, 0.25) is 0 Å². The van der Waals surface area contributed by atoms with E-state index in [9.17, 15) is 27.7 Å². The van der Waals surface area contributed by atoms with Crippen LogP contribution in [0, 0.1) is 0 Å². The molecular formula is C13H20O8S. The van der Waals surface area contributed by atoms with Gasteiger partial charge in [0.2, 0.25) is 4.75 Å². The van der Waals surface area contributed by atoms with Crippen molar-refractivity contribution in [2.75, 3.05) is 6.61 Å². The number of carbonyl (C=O) groups excluding carboxylic acids is 1. The summed E-state index contributed by atoms with van der Waals surface area (Å²) in [6.07, 6.45) is -0.384. The van der Waals surface area contributed by atoms with Crippen molar-refractivity contribution in [1.29, 1.82) is 0 Å². The molecule has 9 heteroatoms. The van der Waals surface area contributed by atoms with E-state index in [2.05, 4.69) is 17.9 Å². The van der Waals surface area contributed by atoms with Crippen molar-refractivity contribution in [2.45, 2.75) is 36.5 Å². The Morgan fingerprint density at radius 2 is 1.86 bits per heavy atom. The zero-order valence-electron chi connectivity index (χ0n) is 12.0. The third-order valence-electron chi connectivity index (χ3n) is 2.90. The first kappa shape index (κ1) is 20.3. The first-order valence-corrected chi connectivity index (χ1v) is 7.80. The molecule has 0 saturated carbocycles. The predicted octanol–water partition coefficient (Wildman–Crippen LogP) is 0.534. The van der Waals surface area contributed by atoms with E-state index in [1.165, 1.54) is 6.08 Å². The molecule has 126 valence electrons. The standard InChI is InChI=1S/C13H20O8S/c1-3-5-6-10(14)8-13(9-11(15)16,22(18,19)20)12(17)21-7-4-2/h3-4,10,14H,1-2,5-9H2,(H,15,16)(H,18,19,20). The monoisotopic (exact) mass is 336 g/mol. The van der Waals surface area contributed by atoms with Crippen LogP contribution in [0.3, 0.4) is 0 Å². The molecule has 3 N–H and O–H groups in total. The number of hydrogen-bond acceptors (Lipinski definition) is 6. The lowest BCUT2D eigenvalue weighted by molar-refractivity contribution is -0.151. The lowest BCUT2D eigenvalue weighted by Crippen LogP contribution is -2.51. The Morgan fingerprint density at radius 3 is 2.27 bits per heavy atom. The van der Waals surface area contributed by atoms with Crippen molar-refractivity contribution in [2.24, 2.45) is 0 Å². The second kappa shape index (κ2) is 8.66. The fourth-order valence-corrected chi connectivity index (χ4v) is 2.81. The molecule has 0 spiro atoms. The topological polar surface area (TPSA) is 138 Å². The second-order valence-corrected chi connectivity index (χ2v) is 6.38. The molecule has 0 saturated heterocycles. The fraction of sp³-hybridized carbons (Fsp3) is 0.538. The summed E-state index contributed by atoms with van der Waals surface area (Å²) in [5, 5.41) is 18.7. The van der Waals surface area contributed by atoms with Gasteiger partial charge in [-0.1, -0.05) is 18.7 Å². The van der Waals surface area contributed by atoms with E-state index in [0.29, 0.717) is 6.42 Å². The molecule has 0 bridgehead atoms. The molecule has 22 heavy (non-hydrogen) atoms. The smallest absolute Gasteiger partial charge is 0.331 e. The molecule has 0 aromatic heterocycles. The number of aliphatic carboxylic acids is 1. The number of hydrogen-bond donors (Lipinski definition) is 3. The highest BCUT2D eigenvalue weighted by Gasteiger charge is 2.54. The quantitative estimate of drug-likeness (QED) is 0.282. The Balaban J connectivity index is 5.65. The van der Waals surface area contributed by atoms with Gasteiger partial charge in [-0.15, -0.1) is 6.58 Å². The predicted molar refractivity (Wildman–Crippen MR) is 77.7 cm³/mol. The third kappa shape index (κ3) is 5.58. The molecule has 0 aliphatic rings. The van der Waals surface area contributed by atoms with Gasteiger partial charge in [0.05, 0.1) is 12.5 Å². The van der Waals surface area contributed by atoms with Crippen LogP contribution in [0.1, 0.15) is 25.7 Å². The van der Waals surface area contributed by atoms with Crippen LogP contribution >= 0.6 is 0 Å². The molecule has 0 rings (SSSR count). The molecule has 2 unspecified atom stereocenters. The number of carboxylic acids is 1. The highest BCUT2D eigenvalue weighted by molar-refractivity contribution is 7.88. The number of rotatable bonds is 11. The molecule has 0 amide bonds. The van der Waals surface area contributed by atoms with Crippen molar-refractivity contribution in [3.63, 3.8) is 0 Å². The summed E-state index contributed by atoms with van der Waals surface area (Å²) in [7, 11) is -5.15. The normalized spacial score (nSPS) is 15.4. The van der Waals surface area contributed by atoms with Gasteiger partial charge in [-0.2, -0.15) is 8.42 Å². The summed E-state index contributed by atoms with van der Waals surface area (Å²) in [5.74, 6) is -3.08. The second-order valence-electron chi connectivity index (χ2n) is 4.65. The van der Waals surface area contributed by atoms with Gasteiger partial charge < -0.3 is 14.9 Å². The molecule has 0 aliphatic carbocycles.